The third kappa shape index (κ3) is 2.61. The number of ether oxygens (including phenoxy) is 2. The second kappa shape index (κ2) is 6.48. The minimum Gasteiger partial charge on any atom is -0.336 e. The van der Waals surface area contributed by atoms with E-state index in [4.69, 9.17) is 9.47 Å². The summed E-state index contributed by atoms with van der Waals surface area (Å²) in [6.45, 7) is 0.490. The van der Waals surface area contributed by atoms with Gasteiger partial charge in [0.2, 0.25) is 9.84 Å². The van der Waals surface area contributed by atoms with Crippen LogP contribution >= 0.6 is 0 Å². The SMILES string of the molecule is O=C1N(c2ccccc2)c2ccc(S(=O)(=O)c3ccncc3)cc2C12OCCO2. The van der Waals surface area contributed by atoms with Crippen molar-refractivity contribution in [3.63, 3.8) is 0 Å². The number of fused-ring (bicyclic) bond motifs is 2. The van der Waals surface area contributed by atoms with Gasteiger partial charge in [0.05, 0.1) is 28.7 Å². The number of hydrogen-bond donors (Lipinski definition) is 0. The van der Waals surface area contributed by atoms with E-state index in [1.165, 1.54) is 41.6 Å². The summed E-state index contributed by atoms with van der Waals surface area (Å²) in [5.41, 5.74) is 1.58. The Labute approximate surface area is 167 Å². The molecule has 0 aliphatic carbocycles. The van der Waals surface area contributed by atoms with Gasteiger partial charge in [0, 0.05) is 23.6 Å². The van der Waals surface area contributed by atoms with E-state index in [-0.39, 0.29) is 23.0 Å². The number of nitrogens with zero attached hydrogens (tertiary/aromatic N) is 2. The van der Waals surface area contributed by atoms with Crippen LogP contribution in [0.15, 0.2) is 82.8 Å². The van der Waals surface area contributed by atoms with E-state index >= 15 is 0 Å². The molecule has 146 valence electrons. The highest BCUT2D eigenvalue weighted by molar-refractivity contribution is 7.91. The van der Waals surface area contributed by atoms with E-state index in [0.29, 0.717) is 16.9 Å². The van der Waals surface area contributed by atoms with E-state index in [0.717, 1.165) is 0 Å². The predicted molar refractivity (Wildman–Crippen MR) is 103 cm³/mol. The molecule has 0 atom stereocenters. The van der Waals surface area contributed by atoms with Crippen LogP contribution in [0.4, 0.5) is 11.4 Å². The summed E-state index contributed by atoms with van der Waals surface area (Å²) < 4.78 is 37.6. The Kier molecular flexibility index (Phi) is 4.02. The standard InChI is InChI=1S/C21H16N2O5S/c24-20-21(27-12-13-28-21)18-14-17(29(25,26)16-8-10-22-11-9-16)6-7-19(18)23(20)15-4-2-1-3-5-15/h1-11,14H,12-13H2. The fourth-order valence-corrected chi connectivity index (χ4v) is 4.96. The lowest BCUT2D eigenvalue weighted by Gasteiger charge is -2.22. The molecular formula is C21H16N2O5S. The average Bonchev–Trinajstić information content (AvgIpc) is 3.34. The van der Waals surface area contributed by atoms with E-state index in [1.54, 1.807) is 18.2 Å². The quantitative estimate of drug-likeness (QED) is 0.663. The van der Waals surface area contributed by atoms with E-state index in [1.807, 2.05) is 18.2 Å². The zero-order valence-corrected chi connectivity index (χ0v) is 16.0. The molecule has 1 fully saturated rings. The van der Waals surface area contributed by atoms with Crippen molar-refractivity contribution >= 4 is 27.1 Å². The lowest BCUT2D eigenvalue weighted by Crippen LogP contribution is -2.39. The molecule has 29 heavy (non-hydrogen) atoms. The third-order valence-electron chi connectivity index (χ3n) is 5.03. The second-order valence-electron chi connectivity index (χ2n) is 6.65. The number of rotatable bonds is 3. The number of benzene rings is 2. The lowest BCUT2D eigenvalue weighted by atomic mass is 10.1. The van der Waals surface area contributed by atoms with Crippen molar-refractivity contribution in [1.29, 1.82) is 0 Å². The van der Waals surface area contributed by atoms with Crippen LogP contribution < -0.4 is 4.90 Å². The lowest BCUT2D eigenvalue weighted by molar-refractivity contribution is -0.180. The molecule has 3 heterocycles. The van der Waals surface area contributed by atoms with Crippen LogP contribution in [0.25, 0.3) is 0 Å². The number of anilines is 2. The number of amides is 1. The normalized spacial score (nSPS) is 17.7. The summed E-state index contributed by atoms with van der Waals surface area (Å²) in [4.78, 5) is 18.9. The fourth-order valence-electron chi connectivity index (χ4n) is 3.69. The molecule has 1 amide bonds. The summed E-state index contributed by atoms with van der Waals surface area (Å²) in [5, 5.41) is 0. The first-order valence-corrected chi connectivity index (χ1v) is 10.5. The van der Waals surface area contributed by atoms with Crippen LogP contribution in [0.1, 0.15) is 5.56 Å². The molecule has 0 unspecified atom stereocenters. The molecule has 0 bridgehead atoms. The number of hydrogen-bond acceptors (Lipinski definition) is 6. The van der Waals surface area contributed by atoms with Gasteiger partial charge < -0.3 is 9.47 Å². The first-order chi connectivity index (χ1) is 14.0. The Morgan fingerprint density at radius 3 is 2.28 bits per heavy atom. The highest BCUT2D eigenvalue weighted by Gasteiger charge is 2.56. The summed E-state index contributed by atoms with van der Waals surface area (Å²) in [5.74, 6) is -2.02. The van der Waals surface area contributed by atoms with Gasteiger partial charge in [-0.3, -0.25) is 14.7 Å². The second-order valence-corrected chi connectivity index (χ2v) is 8.60. The highest BCUT2D eigenvalue weighted by Crippen LogP contribution is 2.49. The van der Waals surface area contributed by atoms with E-state index in [2.05, 4.69) is 4.98 Å². The molecule has 3 aromatic rings. The maximum Gasteiger partial charge on any atom is 0.297 e. The van der Waals surface area contributed by atoms with Gasteiger partial charge >= 0.3 is 0 Å². The molecule has 1 saturated heterocycles. The molecule has 7 nitrogen and oxygen atoms in total. The number of aromatic nitrogens is 1. The van der Waals surface area contributed by atoms with Crippen molar-refractivity contribution in [3.05, 3.63) is 78.6 Å². The minimum absolute atomic E-state index is 0.0589. The van der Waals surface area contributed by atoms with E-state index < -0.39 is 21.5 Å². The van der Waals surface area contributed by atoms with Gasteiger partial charge in [-0.25, -0.2) is 8.42 Å². The number of carbonyl (C=O) groups excluding carboxylic acids is 1. The Morgan fingerprint density at radius 1 is 0.897 bits per heavy atom. The zero-order chi connectivity index (χ0) is 20.1. The van der Waals surface area contributed by atoms with Crippen LogP contribution in [0.2, 0.25) is 0 Å². The summed E-state index contributed by atoms with van der Waals surface area (Å²) >= 11 is 0. The summed E-state index contributed by atoms with van der Waals surface area (Å²) in [6.07, 6.45) is 2.84. The van der Waals surface area contributed by atoms with Crippen LogP contribution in [0, 0.1) is 0 Å². The molecule has 1 spiro atoms. The molecule has 2 aliphatic rings. The van der Waals surface area contributed by atoms with Gasteiger partial charge in [0.15, 0.2) is 0 Å². The van der Waals surface area contributed by atoms with Crippen LogP contribution in [-0.2, 0) is 29.9 Å². The average molecular weight is 408 g/mol. The van der Waals surface area contributed by atoms with Gasteiger partial charge in [0.1, 0.15) is 0 Å². The third-order valence-corrected chi connectivity index (χ3v) is 6.79. The predicted octanol–water partition coefficient (Wildman–Crippen LogP) is 2.79. The first kappa shape index (κ1) is 18.0. The Morgan fingerprint density at radius 2 is 1.59 bits per heavy atom. The molecule has 5 rings (SSSR count). The number of carbonyl (C=O) groups is 1. The largest absolute Gasteiger partial charge is 0.336 e. The van der Waals surface area contributed by atoms with Crippen molar-refractivity contribution in [2.45, 2.75) is 15.6 Å². The van der Waals surface area contributed by atoms with Gasteiger partial charge in [-0.1, -0.05) is 18.2 Å². The molecule has 8 heteroatoms. The topological polar surface area (TPSA) is 85.8 Å². The number of para-hydroxylation sites is 1. The maximum absolute atomic E-state index is 13.3. The van der Waals surface area contributed by atoms with Gasteiger partial charge in [-0.05, 0) is 42.5 Å². The monoisotopic (exact) mass is 408 g/mol. The van der Waals surface area contributed by atoms with Crippen molar-refractivity contribution in [3.8, 4) is 0 Å². The molecule has 0 radical (unpaired) electrons. The molecule has 2 aromatic carbocycles. The van der Waals surface area contributed by atoms with Crippen molar-refractivity contribution in [2.24, 2.45) is 0 Å². The molecule has 2 aliphatic heterocycles. The maximum atomic E-state index is 13.3. The van der Waals surface area contributed by atoms with Crippen molar-refractivity contribution in [1.82, 2.24) is 4.98 Å². The molecule has 0 N–H and O–H groups in total. The van der Waals surface area contributed by atoms with Gasteiger partial charge in [-0.2, -0.15) is 0 Å². The zero-order valence-electron chi connectivity index (χ0n) is 15.2. The smallest absolute Gasteiger partial charge is 0.297 e. The first-order valence-electron chi connectivity index (χ1n) is 9.01. The molecule has 0 saturated carbocycles. The van der Waals surface area contributed by atoms with E-state index in [9.17, 15) is 13.2 Å². The van der Waals surface area contributed by atoms with Crippen LogP contribution in [-0.4, -0.2) is 32.5 Å². The minimum atomic E-state index is -3.79. The highest BCUT2D eigenvalue weighted by atomic mass is 32.2. The van der Waals surface area contributed by atoms with Crippen LogP contribution in [0.5, 0.6) is 0 Å². The Balaban J connectivity index is 1.70. The van der Waals surface area contributed by atoms with Gasteiger partial charge in [-0.15, -0.1) is 0 Å². The fraction of sp³-hybridized carbons (Fsp3) is 0.143. The Bertz CT molecular complexity index is 1190. The Hall–Kier alpha value is -3.07. The van der Waals surface area contributed by atoms with Gasteiger partial charge in [0.25, 0.3) is 11.7 Å². The molecular weight excluding hydrogens is 392 g/mol. The summed E-state index contributed by atoms with van der Waals surface area (Å²) in [7, 11) is -3.79. The van der Waals surface area contributed by atoms with Crippen molar-refractivity contribution in [2.75, 3.05) is 18.1 Å². The number of sulfone groups is 1. The van der Waals surface area contributed by atoms with Crippen molar-refractivity contribution < 1.29 is 22.7 Å². The molecule has 1 aromatic heterocycles. The van der Waals surface area contributed by atoms with Crippen LogP contribution in [0.3, 0.4) is 0 Å². The number of pyridine rings is 1. The summed E-state index contributed by atoms with van der Waals surface area (Å²) in [6, 6.07) is 16.6.